The molecule has 0 radical (unpaired) electrons. The molecular formula is C24H23N7O. The van der Waals surface area contributed by atoms with Gasteiger partial charge in [0.05, 0.1) is 28.7 Å². The lowest BCUT2D eigenvalue weighted by Crippen LogP contribution is -2.26. The second-order valence-electron chi connectivity index (χ2n) is 7.87. The predicted molar refractivity (Wildman–Crippen MR) is 125 cm³/mol. The van der Waals surface area contributed by atoms with Crippen LogP contribution in [0.5, 0.6) is 0 Å². The Morgan fingerprint density at radius 1 is 1.00 bits per heavy atom. The Labute approximate surface area is 184 Å². The fourth-order valence-corrected chi connectivity index (χ4v) is 4.27. The quantitative estimate of drug-likeness (QED) is 0.474. The van der Waals surface area contributed by atoms with Crippen molar-refractivity contribution in [1.82, 2.24) is 29.3 Å². The minimum Gasteiger partial charge on any atom is -0.383 e. The van der Waals surface area contributed by atoms with Crippen LogP contribution in [0.2, 0.25) is 0 Å². The fraction of sp³-hybridized carbons (Fsp3) is 0.208. The van der Waals surface area contributed by atoms with Crippen LogP contribution >= 0.6 is 0 Å². The van der Waals surface area contributed by atoms with E-state index in [9.17, 15) is 4.79 Å². The molecule has 0 fully saturated rings. The van der Waals surface area contributed by atoms with E-state index in [0.29, 0.717) is 35.6 Å². The van der Waals surface area contributed by atoms with E-state index in [2.05, 4.69) is 15.0 Å². The number of aromatic nitrogens is 6. The maximum Gasteiger partial charge on any atom is 0.264 e. The second-order valence-corrected chi connectivity index (χ2v) is 7.87. The highest BCUT2D eigenvalue weighted by Crippen LogP contribution is 2.24. The van der Waals surface area contributed by atoms with Crippen molar-refractivity contribution < 1.29 is 0 Å². The molecule has 0 aliphatic heterocycles. The molecule has 4 aromatic heterocycles. The lowest BCUT2D eigenvalue weighted by Gasteiger charge is -2.16. The number of nitrogens with zero attached hydrogens (tertiary/aromatic N) is 6. The summed E-state index contributed by atoms with van der Waals surface area (Å²) in [5.41, 5.74) is 10.1. The minimum atomic E-state index is -0.0984. The number of pyridine rings is 2. The van der Waals surface area contributed by atoms with E-state index in [-0.39, 0.29) is 5.56 Å². The molecule has 0 aliphatic carbocycles. The van der Waals surface area contributed by atoms with Crippen LogP contribution in [0.1, 0.15) is 29.4 Å². The number of nitrogens with two attached hydrogens (primary N) is 1. The van der Waals surface area contributed by atoms with Gasteiger partial charge in [-0.25, -0.2) is 19.6 Å². The molecule has 5 rings (SSSR count). The molecule has 2 N–H and O–H groups in total. The Balaban J connectivity index is 1.81. The molecule has 0 atom stereocenters. The SMILES string of the molecule is CCc1nn(Cc2cc3cccc(C)c3c(=O)n2-c2ncccc2C)c2ncnc(N)c12. The van der Waals surface area contributed by atoms with Gasteiger partial charge in [-0.2, -0.15) is 5.10 Å². The predicted octanol–water partition coefficient (Wildman–Crippen LogP) is 3.34. The van der Waals surface area contributed by atoms with Crippen LogP contribution in [0, 0.1) is 13.8 Å². The van der Waals surface area contributed by atoms with Crippen molar-refractivity contribution in [2.75, 3.05) is 5.73 Å². The zero-order chi connectivity index (χ0) is 22.4. The summed E-state index contributed by atoms with van der Waals surface area (Å²) >= 11 is 0. The molecular weight excluding hydrogens is 402 g/mol. The Kier molecular flexibility index (Phi) is 4.70. The van der Waals surface area contributed by atoms with Gasteiger partial charge in [0, 0.05) is 6.20 Å². The van der Waals surface area contributed by atoms with Crippen LogP contribution in [-0.2, 0) is 13.0 Å². The molecule has 0 saturated heterocycles. The van der Waals surface area contributed by atoms with Gasteiger partial charge in [-0.15, -0.1) is 0 Å². The first-order chi connectivity index (χ1) is 15.5. The minimum absolute atomic E-state index is 0.0984. The van der Waals surface area contributed by atoms with Crippen molar-refractivity contribution in [1.29, 1.82) is 0 Å². The third-order valence-electron chi connectivity index (χ3n) is 5.80. The molecule has 1 aromatic carbocycles. The van der Waals surface area contributed by atoms with E-state index < -0.39 is 0 Å². The molecule has 8 nitrogen and oxygen atoms in total. The number of aryl methyl sites for hydroxylation is 3. The number of hydrogen-bond donors (Lipinski definition) is 1. The summed E-state index contributed by atoms with van der Waals surface area (Å²) in [6, 6.07) is 11.7. The fourth-order valence-electron chi connectivity index (χ4n) is 4.27. The van der Waals surface area contributed by atoms with E-state index in [1.165, 1.54) is 6.33 Å². The average molecular weight is 425 g/mol. The molecule has 0 amide bonds. The van der Waals surface area contributed by atoms with Gasteiger partial charge in [0.1, 0.15) is 18.0 Å². The smallest absolute Gasteiger partial charge is 0.264 e. The Hall–Kier alpha value is -4.07. The van der Waals surface area contributed by atoms with Crippen LogP contribution in [0.15, 0.2) is 53.7 Å². The largest absolute Gasteiger partial charge is 0.383 e. The van der Waals surface area contributed by atoms with Gasteiger partial charge < -0.3 is 5.73 Å². The number of anilines is 1. The van der Waals surface area contributed by atoms with Crippen LogP contribution in [0.25, 0.3) is 27.6 Å². The lowest BCUT2D eigenvalue weighted by atomic mass is 10.1. The van der Waals surface area contributed by atoms with Crippen LogP contribution in [-0.4, -0.2) is 29.3 Å². The standard InChI is InChI=1S/C24H23N7O/c1-4-18-20-21(25)27-13-28-23(20)30(29-18)12-17-11-16-9-5-7-14(2)19(16)24(32)31(17)22-15(3)8-6-10-26-22/h5-11,13H,4,12H2,1-3H3,(H2,25,27,28). The van der Waals surface area contributed by atoms with Crippen molar-refractivity contribution in [2.24, 2.45) is 0 Å². The average Bonchev–Trinajstić information content (AvgIpc) is 3.14. The number of hydrogen-bond acceptors (Lipinski definition) is 6. The maximum absolute atomic E-state index is 13.7. The van der Waals surface area contributed by atoms with Crippen LogP contribution in [0.3, 0.4) is 0 Å². The monoisotopic (exact) mass is 425 g/mol. The van der Waals surface area contributed by atoms with E-state index in [1.807, 2.05) is 57.2 Å². The van der Waals surface area contributed by atoms with Gasteiger partial charge >= 0.3 is 0 Å². The molecule has 0 unspecified atom stereocenters. The maximum atomic E-state index is 13.7. The molecule has 0 spiro atoms. The van der Waals surface area contributed by atoms with Crippen molar-refractivity contribution in [3.63, 3.8) is 0 Å². The molecule has 160 valence electrons. The van der Waals surface area contributed by atoms with Gasteiger partial charge in [-0.3, -0.25) is 9.36 Å². The summed E-state index contributed by atoms with van der Waals surface area (Å²) in [4.78, 5) is 26.8. The summed E-state index contributed by atoms with van der Waals surface area (Å²) in [6.45, 7) is 6.26. The van der Waals surface area contributed by atoms with Gasteiger partial charge in [-0.05, 0) is 48.9 Å². The molecule has 0 bridgehead atoms. The summed E-state index contributed by atoms with van der Waals surface area (Å²) in [5.74, 6) is 1.02. The van der Waals surface area contributed by atoms with E-state index in [4.69, 9.17) is 10.8 Å². The number of fused-ring (bicyclic) bond motifs is 2. The molecule has 4 heterocycles. The topological polar surface area (TPSA) is 105 Å². The summed E-state index contributed by atoms with van der Waals surface area (Å²) in [6.07, 6.45) is 3.84. The van der Waals surface area contributed by atoms with E-state index in [1.54, 1.807) is 15.4 Å². The number of rotatable bonds is 4. The second kappa shape index (κ2) is 7.56. The third-order valence-corrected chi connectivity index (χ3v) is 5.80. The molecule has 0 saturated carbocycles. The summed E-state index contributed by atoms with van der Waals surface area (Å²) in [7, 11) is 0. The first-order valence-electron chi connectivity index (χ1n) is 10.5. The number of benzene rings is 1. The first kappa shape index (κ1) is 19.9. The summed E-state index contributed by atoms with van der Waals surface area (Å²) in [5, 5.41) is 7.08. The highest BCUT2D eigenvalue weighted by molar-refractivity contribution is 5.88. The van der Waals surface area contributed by atoms with Crippen LogP contribution < -0.4 is 11.3 Å². The molecule has 0 aliphatic rings. The lowest BCUT2D eigenvalue weighted by molar-refractivity contribution is 0.655. The third kappa shape index (κ3) is 3.03. The van der Waals surface area contributed by atoms with Crippen molar-refractivity contribution in [3.8, 4) is 5.82 Å². The number of nitrogen functional groups attached to an aromatic ring is 1. The highest BCUT2D eigenvalue weighted by atomic mass is 16.1. The van der Waals surface area contributed by atoms with E-state index >= 15 is 0 Å². The Bertz CT molecular complexity index is 1550. The zero-order valence-corrected chi connectivity index (χ0v) is 18.2. The van der Waals surface area contributed by atoms with Crippen molar-refractivity contribution in [3.05, 3.63) is 81.8 Å². The van der Waals surface area contributed by atoms with Gasteiger partial charge in [0.15, 0.2) is 5.65 Å². The normalized spacial score (nSPS) is 11.5. The van der Waals surface area contributed by atoms with E-state index in [0.717, 1.165) is 33.3 Å². The zero-order valence-electron chi connectivity index (χ0n) is 18.2. The van der Waals surface area contributed by atoms with Gasteiger partial charge in [-0.1, -0.05) is 31.2 Å². The Morgan fingerprint density at radius 2 is 1.81 bits per heavy atom. The van der Waals surface area contributed by atoms with Crippen molar-refractivity contribution >= 4 is 27.6 Å². The Morgan fingerprint density at radius 3 is 2.59 bits per heavy atom. The molecule has 5 aromatic rings. The van der Waals surface area contributed by atoms with Gasteiger partial charge in [0.2, 0.25) is 0 Å². The van der Waals surface area contributed by atoms with Crippen LogP contribution in [0.4, 0.5) is 5.82 Å². The highest BCUT2D eigenvalue weighted by Gasteiger charge is 2.19. The summed E-state index contributed by atoms with van der Waals surface area (Å²) < 4.78 is 3.48. The molecule has 8 heteroatoms. The molecule has 32 heavy (non-hydrogen) atoms. The van der Waals surface area contributed by atoms with Gasteiger partial charge in [0.25, 0.3) is 5.56 Å². The van der Waals surface area contributed by atoms with Crippen molar-refractivity contribution in [2.45, 2.75) is 33.7 Å². The first-order valence-corrected chi connectivity index (χ1v) is 10.5.